The number of amides is 1. The van der Waals surface area contributed by atoms with Gasteiger partial charge in [0.05, 0.1) is 11.7 Å². The third-order valence-electron chi connectivity index (χ3n) is 3.14. The molecule has 0 bridgehead atoms. The predicted octanol–water partition coefficient (Wildman–Crippen LogP) is 2.78. The van der Waals surface area contributed by atoms with E-state index >= 15 is 0 Å². The summed E-state index contributed by atoms with van der Waals surface area (Å²) in [5, 5.41) is 2.32. The Morgan fingerprint density at radius 3 is 2.52 bits per heavy atom. The van der Waals surface area contributed by atoms with E-state index in [9.17, 15) is 13.6 Å². The molecule has 5 heteroatoms. The smallest absolute Gasteiger partial charge is 0.241 e. The van der Waals surface area contributed by atoms with Crippen LogP contribution in [0.3, 0.4) is 0 Å². The summed E-state index contributed by atoms with van der Waals surface area (Å²) < 4.78 is 27.1. The van der Waals surface area contributed by atoms with E-state index in [0.717, 1.165) is 17.7 Å². The van der Waals surface area contributed by atoms with Gasteiger partial charge in [0, 0.05) is 6.07 Å². The molecule has 3 N–H and O–H groups in total. The number of benzene rings is 2. The van der Waals surface area contributed by atoms with E-state index in [4.69, 9.17) is 5.73 Å². The maximum Gasteiger partial charge on any atom is 0.241 e. The summed E-state index contributed by atoms with van der Waals surface area (Å²) >= 11 is 0. The van der Waals surface area contributed by atoms with Gasteiger partial charge in [-0.1, -0.05) is 30.3 Å². The van der Waals surface area contributed by atoms with Crippen molar-refractivity contribution in [2.24, 2.45) is 5.73 Å². The van der Waals surface area contributed by atoms with Gasteiger partial charge in [0.15, 0.2) is 0 Å². The largest absolute Gasteiger partial charge is 0.322 e. The number of nitrogens with two attached hydrogens (primary N) is 1. The van der Waals surface area contributed by atoms with Gasteiger partial charge in [-0.15, -0.1) is 0 Å². The highest BCUT2D eigenvalue weighted by molar-refractivity contribution is 5.95. The van der Waals surface area contributed by atoms with Crippen molar-refractivity contribution in [3.8, 4) is 0 Å². The molecule has 0 aliphatic rings. The molecule has 1 amide bonds. The first-order chi connectivity index (χ1) is 9.97. The molecule has 0 heterocycles. The molecule has 2 aromatic rings. The van der Waals surface area contributed by atoms with E-state index in [1.54, 1.807) is 0 Å². The molecule has 3 nitrogen and oxygen atoms in total. The van der Waals surface area contributed by atoms with Crippen molar-refractivity contribution in [1.82, 2.24) is 0 Å². The highest BCUT2D eigenvalue weighted by Gasteiger charge is 2.17. The Bertz CT molecular complexity index is 644. The molecule has 0 spiro atoms. The molecule has 21 heavy (non-hydrogen) atoms. The van der Waals surface area contributed by atoms with Crippen LogP contribution < -0.4 is 11.1 Å². The van der Waals surface area contributed by atoms with Gasteiger partial charge in [-0.05, 0) is 30.5 Å². The van der Waals surface area contributed by atoms with Crippen molar-refractivity contribution < 1.29 is 13.6 Å². The van der Waals surface area contributed by atoms with Gasteiger partial charge in [0.25, 0.3) is 0 Å². The van der Waals surface area contributed by atoms with E-state index in [-0.39, 0.29) is 11.3 Å². The van der Waals surface area contributed by atoms with Crippen molar-refractivity contribution in [1.29, 1.82) is 0 Å². The van der Waals surface area contributed by atoms with E-state index in [1.165, 1.54) is 6.92 Å². The Labute approximate surface area is 121 Å². The molecular weight excluding hydrogens is 274 g/mol. The molecule has 110 valence electrons. The summed E-state index contributed by atoms with van der Waals surface area (Å²) in [6.45, 7) is 1.45. The summed E-state index contributed by atoms with van der Waals surface area (Å²) in [5.74, 6) is -1.82. The molecule has 0 unspecified atom stereocenters. The standard InChI is InChI=1S/C16H16F2N2O/c1-10-7-13(18)15(9-12(10)17)20-16(21)14(19)8-11-5-3-2-4-6-11/h2-7,9,14H,8,19H2,1H3,(H,20,21)/t14-/m0/s1. The van der Waals surface area contributed by atoms with Gasteiger partial charge in [-0.3, -0.25) is 4.79 Å². The second kappa shape index (κ2) is 6.45. The van der Waals surface area contributed by atoms with Crippen LogP contribution in [0, 0.1) is 18.6 Å². The number of nitrogens with one attached hydrogen (secondary N) is 1. The minimum atomic E-state index is -0.837. The minimum absolute atomic E-state index is 0.180. The number of anilines is 1. The molecule has 2 aromatic carbocycles. The van der Waals surface area contributed by atoms with E-state index in [1.807, 2.05) is 30.3 Å². The van der Waals surface area contributed by atoms with Crippen molar-refractivity contribution in [3.05, 3.63) is 65.2 Å². The Kier molecular flexibility index (Phi) is 4.65. The van der Waals surface area contributed by atoms with Crippen molar-refractivity contribution in [3.63, 3.8) is 0 Å². The lowest BCUT2D eigenvalue weighted by molar-refractivity contribution is -0.117. The maximum atomic E-state index is 13.7. The number of rotatable bonds is 4. The third-order valence-corrected chi connectivity index (χ3v) is 3.14. The molecule has 0 radical (unpaired) electrons. The zero-order valence-corrected chi connectivity index (χ0v) is 11.6. The van der Waals surface area contributed by atoms with Gasteiger partial charge in [0.1, 0.15) is 11.6 Å². The molecule has 0 aromatic heterocycles. The van der Waals surface area contributed by atoms with Crippen molar-refractivity contribution in [2.75, 3.05) is 5.32 Å². The lowest BCUT2D eigenvalue weighted by Gasteiger charge is -2.13. The fourth-order valence-electron chi connectivity index (χ4n) is 1.93. The maximum absolute atomic E-state index is 13.7. The average Bonchev–Trinajstić information content (AvgIpc) is 2.45. The topological polar surface area (TPSA) is 55.1 Å². The molecule has 1 atom stereocenters. The van der Waals surface area contributed by atoms with Gasteiger partial charge >= 0.3 is 0 Å². The van der Waals surface area contributed by atoms with Crippen LogP contribution in [-0.2, 0) is 11.2 Å². The number of carbonyl (C=O) groups excluding carboxylic acids is 1. The van der Waals surface area contributed by atoms with E-state index < -0.39 is 23.6 Å². The fraction of sp³-hybridized carbons (Fsp3) is 0.188. The minimum Gasteiger partial charge on any atom is -0.322 e. The van der Waals surface area contributed by atoms with E-state index in [0.29, 0.717) is 6.42 Å². The van der Waals surface area contributed by atoms with Gasteiger partial charge in [-0.25, -0.2) is 8.78 Å². The Morgan fingerprint density at radius 2 is 1.86 bits per heavy atom. The molecule has 0 saturated heterocycles. The molecule has 0 aliphatic carbocycles. The summed E-state index contributed by atoms with van der Waals surface area (Å²) in [6, 6.07) is 10.4. The monoisotopic (exact) mass is 290 g/mol. The number of hydrogen-bond acceptors (Lipinski definition) is 2. The van der Waals surface area contributed by atoms with Crippen molar-refractivity contribution >= 4 is 11.6 Å². The highest BCUT2D eigenvalue weighted by atomic mass is 19.1. The summed E-state index contributed by atoms with van der Waals surface area (Å²) in [6.07, 6.45) is 0.322. The molecule has 0 fully saturated rings. The van der Waals surface area contributed by atoms with Gasteiger partial charge in [0.2, 0.25) is 5.91 Å². The summed E-state index contributed by atoms with van der Waals surface area (Å²) in [4.78, 5) is 11.9. The number of hydrogen-bond donors (Lipinski definition) is 2. The molecule has 2 rings (SSSR count). The molecular formula is C16H16F2N2O. The van der Waals surface area contributed by atoms with Crippen LogP contribution in [0.15, 0.2) is 42.5 Å². The second-order valence-electron chi connectivity index (χ2n) is 4.87. The van der Waals surface area contributed by atoms with Gasteiger partial charge < -0.3 is 11.1 Å². The zero-order valence-electron chi connectivity index (χ0n) is 11.6. The second-order valence-corrected chi connectivity index (χ2v) is 4.87. The molecule has 0 aliphatic heterocycles. The Hall–Kier alpha value is -2.27. The fourth-order valence-corrected chi connectivity index (χ4v) is 1.93. The van der Waals surface area contributed by atoms with Crippen LogP contribution >= 0.6 is 0 Å². The Morgan fingerprint density at radius 1 is 1.19 bits per heavy atom. The SMILES string of the molecule is Cc1cc(F)c(NC(=O)[C@@H](N)Cc2ccccc2)cc1F. The first kappa shape index (κ1) is 15.1. The molecule has 0 saturated carbocycles. The first-order valence-corrected chi connectivity index (χ1v) is 6.53. The lowest BCUT2D eigenvalue weighted by atomic mass is 10.1. The van der Waals surface area contributed by atoms with Crippen LogP contribution in [0.5, 0.6) is 0 Å². The number of carbonyl (C=O) groups is 1. The number of halogens is 2. The normalized spacial score (nSPS) is 12.0. The van der Waals surface area contributed by atoms with E-state index in [2.05, 4.69) is 5.32 Å². The van der Waals surface area contributed by atoms with Crippen LogP contribution in [0.2, 0.25) is 0 Å². The highest BCUT2D eigenvalue weighted by Crippen LogP contribution is 2.19. The zero-order chi connectivity index (χ0) is 15.4. The van der Waals surface area contributed by atoms with Crippen LogP contribution in [0.25, 0.3) is 0 Å². The van der Waals surface area contributed by atoms with Crippen LogP contribution in [0.4, 0.5) is 14.5 Å². The average molecular weight is 290 g/mol. The lowest BCUT2D eigenvalue weighted by Crippen LogP contribution is -2.37. The number of aryl methyl sites for hydroxylation is 1. The van der Waals surface area contributed by atoms with Crippen LogP contribution in [-0.4, -0.2) is 11.9 Å². The van der Waals surface area contributed by atoms with Crippen molar-refractivity contribution in [2.45, 2.75) is 19.4 Å². The summed E-state index contributed by atoms with van der Waals surface area (Å²) in [5.41, 5.74) is 6.66. The van der Waals surface area contributed by atoms with Crippen LogP contribution in [0.1, 0.15) is 11.1 Å². The third kappa shape index (κ3) is 3.86. The Balaban J connectivity index is 2.06. The summed E-state index contributed by atoms with van der Waals surface area (Å²) in [7, 11) is 0. The van der Waals surface area contributed by atoms with Gasteiger partial charge in [-0.2, -0.15) is 0 Å². The quantitative estimate of drug-likeness (QED) is 0.909. The predicted molar refractivity (Wildman–Crippen MR) is 77.8 cm³/mol. The first-order valence-electron chi connectivity index (χ1n) is 6.53.